The van der Waals surface area contributed by atoms with Crippen molar-refractivity contribution in [1.29, 1.82) is 0 Å². The summed E-state index contributed by atoms with van der Waals surface area (Å²) in [6.45, 7) is 3.88. The molecule has 2 heterocycles. The van der Waals surface area contributed by atoms with Gasteiger partial charge in [0.15, 0.2) is 0 Å². The van der Waals surface area contributed by atoms with Gasteiger partial charge in [0.25, 0.3) is 5.78 Å². The molecule has 3 aromatic rings. The summed E-state index contributed by atoms with van der Waals surface area (Å²) >= 11 is 0. The Morgan fingerprint density at radius 2 is 1.82 bits per heavy atom. The Hall–Kier alpha value is -3.29. The van der Waals surface area contributed by atoms with E-state index < -0.39 is 0 Å². The van der Waals surface area contributed by atoms with Crippen LogP contribution in [0.4, 0.5) is 5.69 Å². The fourth-order valence-electron chi connectivity index (χ4n) is 3.20. The van der Waals surface area contributed by atoms with Crippen molar-refractivity contribution in [3.8, 4) is 0 Å². The number of aromatic nitrogens is 4. The summed E-state index contributed by atoms with van der Waals surface area (Å²) in [6.07, 6.45) is 3.31. The zero-order valence-electron chi connectivity index (χ0n) is 16.3. The van der Waals surface area contributed by atoms with Gasteiger partial charge in [-0.2, -0.15) is 10.1 Å². The van der Waals surface area contributed by atoms with Crippen LogP contribution in [0.15, 0.2) is 30.6 Å². The van der Waals surface area contributed by atoms with Gasteiger partial charge in [-0.3, -0.25) is 9.59 Å². The highest BCUT2D eigenvalue weighted by Crippen LogP contribution is 2.19. The Labute approximate surface area is 163 Å². The lowest BCUT2D eigenvalue weighted by Crippen LogP contribution is -2.19. The summed E-state index contributed by atoms with van der Waals surface area (Å²) in [5, 5.41) is 9.76. The summed E-state index contributed by atoms with van der Waals surface area (Å²) in [5.74, 6) is 0.459. The lowest BCUT2D eigenvalue weighted by molar-refractivity contribution is -0.120. The fourth-order valence-corrected chi connectivity index (χ4v) is 3.20. The predicted octanol–water partition coefficient (Wildman–Crippen LogP) is 1.99. The van der Waals surface area contributed by atoms with Crippen LogP contribution in [-0.4, -0.2) is 38.4 Å². The molecular weight excluding hydrogens is 356 g/mol. The third-order valence-electron chi connectivity index (χ3n) is 4.78. The second-order valence-electron chi connectivity index (χ2n) is 6.61. The molecule has 1 aromatic carbocycles. The number of aryl methyl sites for hydroxylation is 3. The van der Waals surface area contributed by atoms with Gasteiger partial charge in [0.05, 0.1) is 0 Å². The van der Waals surface area contributed by atoms with Crippen LogP contribution >= 0.6 is 0 Å². The third-order valence-corrected chi connectivity index (χ3v) is 4.78. The van der Waals surface area contributed by atoms with Crippen molar-refractivity contribution in [3.63, 3.8) is 0 Å². The predicted molar refractivity (Wildman–Crippen MR) is 106 cm³/mol. The minimum absolute atomic E-state index is 0.0249. The molecule has 2 amide bonds. The zero-order valence-corrected chi connectivity index (χ0v) is 16.3. The Morgan fingerprint density at radius 1 is 1.07 bits per heavy atom. The highest BCUT2D eigenvalue weighted by atomic mass is 16.2. The van der Waals surface area contributed by atoms with E-state index in [9.17, 15) is 9.59 Å². The number of fused-ring (bicyclic) bond motifs is 1. The molecule has 2 aromatic heterocycles. The molecule has 146 valence electrons. The van der Waals surface area contributed by atoms with Crippen LogP contribution in [0, 0.1) is 13.8 Å². The molecule has 0 aliphatic heterocycles. The van der Waals surface area contributed by atoms with Gasteiger partial charge in [-0.25, -0.2) is 9.50 Å². The van der Waals surface area contributed by atoms with Gasteiger partial charge >= 0.3 is 0 Å². The summed E-state index contributed by atoms with van der Waals surface area (Å²) in [7, 11) is 1.62. The maximum atomic E-state index is 12.5. The highest BCUT2D eigenvalue weighted by Gasteiger charge is 2.13. The molecule has 8 heteroatoms. The first kappa shape index (κ1) is 19.5. The van der Waals surface area contributed by atoms with Crippen molar-refractivity contribution in [2.24, 2.45) is 0 Å². The SMILES string of the molecule is CNC(=O)CCc1ccccc1NC(=O)CCc1c(C)nc2ncnn2c1C. The van der Waals surface area contributed by atoms with E-state index in [1.54, 1.807) is 11.6 Å². The van der Waals surface area contributed by atoms with Crippen molar-refractivity contribution in [1.82, 2.24) is 24.9 Å². The number of hydrogen-bond acceptors (Lipinski definition) is 5. The van der Waals surface area contributed by atoms with Gasteiger partial charge in [-0.1, -0.05) is 18.2 Å². The summed E-state index contributed by atoms with van der Waals surface area (Å²) in [5.41, 5.74) is 4.49. The second-order valence-corrected chi connectivity index (χ2v) is 6.61. The number of hydrogen-bond donors (Lipinski definition) is 2. The molecule has 8 nitrogen and oxygen atoms in total. The van der Waals surface area contributed by atoms with Gasteiger partial charge in [0, 0.05) is 37.0 Å². The van der Waals surface area contributed by atoms with E-state index in [4.69, 9.17) is 0 Å². The van der Waals surface area contributed by atoms with Crippen molar-refractivity contribution in [2.75, 3.05) is 12.4 Å². The minimum Gasteiger partial charge on any atom is -0.359 e. The monoisotopic (exact) mass is 380 g/mol. The molecule has 0 saturated carbocycles. The number of benzene rings is 1. The van der Waals surface area contributed by atoms with Crippen LogP contribution in [0.5, 0.6) is 0 Å². The lowest BCUT2D eigenvalue weighted by Gasteiger charge is -2.12. The Bertz CT molecular complexity index is 1010. The number of carbonyl (C=O) groups excluding carboxylic acids is 2. The van der Waals surface area contributed by atoms with E-state index in [2.05, 4.69) is 25.7 Å². The minimum atomic E-state index is -0.0788. The standard InChI is InChI=1S/C20H24N6O2/c1-13-16(14(2)26-20(24-13)22-12-23-26)9-11-19(28)25-17-7-5-4-6-15(17)8-10-18(27)21-3/h4-7,12H,8-11H2,1-3H3,(H,21,27)(H,25,28). The molecule has 2 N–H and O–H groups in total. The van der Waals surface area contributed by atoms with Crippen molar-refractivity contribution in [3.05, 3.63) is 53.1 Å². The molecule has 0 fully saturated rings. The molecule has 0 aliphatic rings. The molecule has 0 atom stereocenters. The first-order valence-corrected chi connectivity index (χ1v) is 9.23. The molecule has 0 bridgehead atoms. The summed E-state index contributed by atoms with van der Waals surface area (Å²) in [6, 6.07) is 7.56. The van der Waals surface area contributed by atoms with E-state index in [-0.39, 0.29) is 11.8 Å². The van der Waals surface area contributed by atoms with Crippen molar-refractivity contribution >= 4 is 23.3 Å². The Balaban J connectivity index is 1.66. The van der Waals surface area contributed by atoms with Crippen LogP contribution in [0.2, 0.25) is 0 Å². The van der Waals surface area contributed by atoms with Crippen LogP contribution in [0.3, 0.4) is 0 Å². The fraction of sp³-hybridized carbons (Fsp3) is 0.350. The van der Waals surface area contributed by atoms with Crippen molar-refractivity contribution < 1.29 is 9.59 Å². The highest BCUT2D eigenvalue weighted by molar-refractivity contribution is 5.91. The topological polar surface area (TPSA) is 101 Å². The quantitative estimate of drug-likeness (QED) is 0.653. The molecule has 28 heavy (non-hydrogen) atoms. The van der Waals surface area contributed by atoms with Gasteiger partial charge in [-0.05, 0) is 43.9 Å². The average molecular weight is 380 g/mol. The maximum Gasteiger partial charge on any atom is 0.252 e. The molecule has 0 aliphatic carbocycles. The average Bonchev–Trinajstić information content (AvgIpc) is 3.15. The van der Waals surface area contributed by atoms with E-state index in [1.165, 1.54) is 6.33 Å². The van der Waals surface area contributed by atoms with Crippen molar-refractivity contribution in [2.45, 2.75) is 39.5 Å². The third kappa shape index (κ3) is 4.33. The van der Waals surface area contributed by atoms with Gasteiger partial charge in [0.1, 0.15) is 6.33 Å². The lowest BCUT2D eigenvalue weighted by atomic mass is 10.1. The molecular formula is C20H24N6O2. The van der Waals surface area contributed by atoms with Gasteiger partial charge in [-0.15, -0.1) is 0 Å². The Morgan fingerprint density at radius 3 is 2.61 bits per heavy atom. The van der Waals surface area contributed by atoms with Gasteiger partial charge < -0.3 is 10.6 Å². The molecule has 0 unspecified atom stereocenters. The number of carbonyl (C=O) groups is 2. The van der Waals surface area contributed by atoms with Crippen LogP contribution in [0.1, 0.15) is 35.4 Å². The normalized spacial score (nSPS) is 10.8. The first-order valence-electron chi connectivity index (χ1n) is 9.23. The van der Waals surface area contributed by atoms with Crippen LogP contribution in [0.25, 0.3) is 5.78 Å². The van der Waals surface area contributed by atoms with Gasteiger partial charge in [0.2, 0.25) is 11.8 Å². The molecule has 0 radical (unpaired) electrons. The van der Waals surface area contributed by atoms with Crippen LogP contribution in [-0.2, 0) is 22.4 Å². The van der Waals surface area contributed by atoms with E-state index in [0.717, 1.165) is 28.2 Å². The smallest absolute Gasteiger partial charge is 0.252 e. The number of nitrogens with zero attached hydrogens (tertiary/aromatic N) is 4. The summed E-state index contributed by atoms with van der Waals surface area (Å²) in [4.78, 5) is 32.6. The number of para-hydroxylation sites is 1. The largest absolute Gasteiger partial charge is 0.359 e. The molecule has 0 spiro atoms. The second kappa shape index (κ2) is 8.60. The molecule has 3 rings (SSSR count). The summed E-state index contributed by atoms with van der Waals surface area (Å²) < 4.78 is 1.69. The number of anilines is 1. The number of amides is 2. The zero-order chi connectivity index (χ0) is 20.1. The number of rotatable bonds is 7. The molecule has 0 saturated heterocycles. The Kier molecular flexibility index (Phi) is 5.98. The van der Waals surface area contributed by atoms with E-state index >= 15 is 0 Å². The number of nitrogens with one attached hydrogen (secondary N) is 2. The first-order chi connectivity index (χ1) is 13.5. The van der Waals surface area contributed by atoms with E-state index in [1.807, 2.05) is 38.1 Å². The van der Waals surface area contributed by atoms with Crippen LogP contribution < -0.4 is 10.6 Å². The van der Waals surface area contributed by atoms with E-state index in [0.29, 0.717) is 31.5 Å². The maximum absolute atomic E-state index is 12.5.